The maximum Gasteiger partial charge on any atom is 0.216 e. The predicted octanol–water partition coefficient (Wildman–Crippen LogP) is 1.67. The third-order valence-electron chi connectivity index (χ3n) is 2.51. The monoisotopic (exact) mass is 210 g/mol. The molecule has 1 rings (SSSR count). The third kappa shape index (κ3) is 2.89. The molecule has 1 N–H and O–H groups in total. The fraction of sp³-hybridized carbons (Fsp3) is 0.636. The van der Waals surface area contributed by atoms with Gasteiger partial charge in [0.1, 0.15) is 5.82 Å². The van der Waals surface area contributed by atoms with Crippen LogP contribution >= 0.6 is 0 Å². The topological polar surface area (TPSA) is 55.2 Å². The van der Waals surface area contributed by atoms with E-state index in [1.165, 1.54) is 0 Å². The van der Waals surface area contributed by atoms with Crippen LogP contribution in [0.15, 0.2) is 6.07 Å². The molecule has 0 aliphatic carbocycles. The number of aryl methyl sites for hydroxylation is 1. The van der Waals surface area contributed by atoms with Crippen LogP contribution in [0.4, 0.5) is 0 Å². The summed E-state index contributed by atoms with van der Waals surface area (Å²) in [5, 5.41) is 9.73. The number of methoxy groups -OCH3 is 1. The van der Waals surface area contributed by atoms with Crippen LogP contribution in [-0.4, -0.2) is 28.3 Å². The molecule has 0 aliphatic heterocycles. The van der Waals surface area contributed by atoms with E-state index < -0.39 is 0 Å². The number of aliphatic hydroxyl groups is 1. The number of rotatable bonds is 4. The fourth-order valence-electron chi connectivity index (χ4n) is 1.45. The van der Waals surface area contributed by atoms with Crippen LogP contribution in [0.5, 0.6) is 5.88 Å². The lowest BCUT2D eigenvalue weighted by Crippen LogP contribution is -2.16. The second kappa shape index (κ2) is 5.07. The Morgan fingerprint density at radius 1 is 1.47 bits per heavy atom. The fourth-order valence-corrected chi connectivity index (χ4v) is 1.45. The van der Waals surface area contributed by atoms with E-state index in [1.54, 1.807) is 13.2 Å². The number of aliphatic hydroxyl groups excluding tert-OH is 1. The third-order valence-corrected chi connectivity index (χ3v) is 2.51. The molecular weight excluding hydrogens is 192 g/mol. The van der Waals surface area contributed by atoms with E-state index in [0.717, 1.165) is 5.69 Å². The minimum atomic E-state index is -0.371. The van der Waals surface area contributed by atoms with Crippen molar-refractivity contribution in [2.75, 3.05) is 7.11 Å². The van der Waals surface area contributed by atoms with Crippen molar-refractivity contribution in [1.29, 1.82) is 0 Å². The van der Waals surface area contributed by atoms with Crippen LogP contribution in [0, 0.1) is 6.92 Å². The number of hydrogen-bond acceptors (Lipinski definition) is 4. The standard InChI is InChI=1S/C11H18N2O2/c1-5-10(14)7(2)9-6-11(15-4)13-8(3)12-9/h6-7,10,14H,5H2,1-4H3. The first-order valence-electron chi connectivity index (χ1n) is 5.16. The van der Waals surface area contributed by atoms with Crippen LogP contribution in [-0.2, 0) is 0 Å². The van der Waals surface area contributed by atoms with Gasteiger partial charge in [-0.3, -0.25) is 0 Å². The van der Waals surface area contributed by atoms with Crippen molar-refractivity contribution in [2.45, 2.75) is 39.2 Å². The van der Waals surface area contributed by atoms with Gasteiger partial charge in [-0.25, -0.2) is 4.98 Å². The quantitative estimate of drug-likeness (QED) is 0.821. The lowest BCUT2D eigenvalue weighted by atomic mass is 9.99. The molecule has 0 saturated carbocycles. The van der Waals surface area contributed by atoms with Gasteiger partial charge < -0.3 is 9.84 Å². The molecule has 1 aromatic heterocycles. The molecule has 0 spiro atoms. The van der Waals surface area contributed by atoms with E-state index in [1.807, 2.05) is 20.8 Å². The zero-order chi connectivity index (χ0) is 11.4. The smallest absolute Gasteiger partial charge is 0.216 e. The Morgan fingerprint density at radius 2 is 2.13 bits per heavy atom. The average Bonchev–Trinajstić information content (AvgIpc) is 2.26. The van der Waals surface area contributed by atoms with E-state index in [-0.39, 0.29) is 12.0 Å². The predicted molar refractivity (Wildman–Crippen MR) is 58.0 cm³/mol. The molecule has 0 fully saturated rings. The Kier molecular flexibility index (Phi) is 4.03. The summed E-state index contributed by atoms with van der Waals surface area (Å²) in [6.45, 7) is 5.72. The lowest BCUT2D eigenvalue weighted by Gasteiger charge is -2.17. The Hall–Kier alpha value is -1.16. The largest absolute Gasteiger partial charge is 0.481 e. The molecule has 0 aromatic carbocycles. The number of aromatic nitrogens is 2. The first-order valence-corrected chi connectivity index (χ1v) is 5.16. The number of nitrogens with zero attached hydrogens (tertiary/aromatic N) is 2. The molecule has 0 aliphatic rings. The molecule has 4 nitrogen and oxygen atoms in total. The van der Waals surface area contributed by atoms with Crippen LogP contribution in [0.25, 0.3) is 0 Å². The summed E-state index contributed by atoms with van der Waals surface area (Å²) >= 11 is 0. The van der Waals surface area contributed by atoms with Crippen molar-refractivity contribution in [3.05, 3.63) is 17.6 Å². The molecule has 1 heterocycles. The molecule has 2 unspecified atom stereocenters. The highest BCUT2D eigenvalue weighted by atomic mass is 16.5. The maximum atomic E-state index is 9.73. The second-order valence-corrected chi connectivity index (χ2v) is 3.65. The molecule has 4 heteroatoms. The van der Waals surface area contributed by atoms with Gasteiger partial charge in [-0.2, -0.15) is 4.98 Å². The Bertz CT molecular complexity index is 328. The Balaban J connectivity index is 2.97. The molecule has 0 bridgehead atoms. The molecule has 2 atom stereocenters. The van der Waals surface area contributed by atoms with Crippen molar-refractivity contribution in [3.63, 3.8) is 0 Å². The summed E-state index contributed by atoms with van der Waals surface area (Å²) in [6, 6.07) is 1.77. The summed E-state index contributed by atoms with van der Waals surface area (Å²) in [5.74, 6) is 1.22. The van der Waals surface area contributed by atoms with Gasteiger partial charge in [0, 0.05) is 12.0 Å². The highest BCUT2D eigenvalue weighted by molar-refractivity contribution is 5.19. The van der Waals surface area contributed by atoms with E-state index in [9.17, 15) is 5.11 Å². The van der Waals surface area contributed by atoms with Gasteiger partial charge in [0.2, 0.25) is 5.88 Å². The van der Waals surface area contributed by atoms with E-state index in [4.69, 9.17) is 4.74 Å². The van der Waals surface area contributed by atoms with Crippen LogP contribution < -0.4 is 4.74 Å². The van der Waals surface area contributed by atoms with Crippen LogP contribution in [0.3, 0.4) is 0 Å². The average molecular weight is 210 g/mol. The molecule has 0 saturated heterocycles. The molecule has 1 aromatic rings. The van der Waals surface area contributed by atoms with Gasteiger partial charge in [0.05, 0.1) is 18.9 Å². The maximum absolute atomic E-state index is 9.73. The Morgan fingerprint density at radius 3 is 2.67 bits per heavy atom. The molecular formula is C11H18N2O2. The van der Waals surface area contributed by atoms with Gasteiger partial charge in [-0.05, 0) is 13.3 Å². The number of ether oxygens (including phenoxy) is 1. The summed E-state index contributed by atoms with van der Waals surface area (Å²) in [6.07, 6.45) is 0.344. The second-order valence-electron chi connectivity index (χ2n) is 3.65. The minimum absolute atomic E-state index is 0.00519. The normalized spacial score (nSPS) is 14.7. The van der Waals surface area contributed by atoms with Gasteiger partial charge >= 0.3 is 0 Å². The summed E-state index contributed by atoms with van der Waals surface area (Å²) in [5.41, 5.74) is 0.828. The van der Waals surface area contributed by atoms with Gasteiger partial charge in [0.15, 0.2) is 0 Å². The first kappa shape index (κ1) is 11.9. The van der Waals surface area contributed by atoms with Crippen LogP contribution in [0.2, 0.25) is 0 Å². The summed E-state index contributed by atoms with van der Waals surface area (Å²) in [7, 11) is 1.58. The Labute approximate surface area is 90.3 Å². The first-order chi connectivity index (χ1) is 7.08. The lowest BCUT2D eigenvalue weighted by molar-refractivity contribution is 0.143. The number of hydrogen-bond donors (Lipinski definition) is 1. The van der Waals surface area contributed by atoms with Crippen molar-refractivity contribution >= 4 is 0 Å². The molecule has 84 valence electrons. The van der Waals surface area contributed by atoms with Gasteiger partial charge in [-0.15, -0.1) is 0 Å². The highest BCUT2D eigenvalue weighted by Gasteiger charge is 2.17. The summed E-state index contributed by atoms with van der Waals surface area (Å²) in [4.78, 5) is 8.40. The van der Waals surface area contributed by atoms with Crippen molar-refractivity contribution in [3.8, 4) is 5.88 Å². The van der Waals surface area contributed by atoms with Gasteiger partial charge in [-0.1, -0.05) is 13.8 Å². The SMILES string of the molecule is CCC(O)C(C)c1cc(OC)nc(C)n1. The van der Waals surface area contributed by atoms with E-state index >= 15 is 0 Å². The van der Waals surface area contributed by atoms with Crippen molar-refractivity contribution in [1.82, 2.24) is 9.97 Å². The van der Waals surface area contributed by atoms with Crippen molar-refractivity contribution in [2.24, 2.45) is 0 Å². The van der Waals surface area contributed by atoms with Crippen LogP contribution in [0.1, 0.15) is 37.7 Å². The highest BCUT2D eigenvalue weighted by Crippen LogP contribution is 2.21. The minimum Gasteiger partial charge on any atom is -0.481 e. The zero-order valence-electron chi connectivity index (χ0n) is 9.69. The molecule has 0 radical (unpaired) electrons. The summed E-state index contributed by atoms with van der Waals surface area (Å²) < 4.78 is 5.07. The van der Waals surface area contributed by atoms with Gasteiger partial charge in [0.25, 0.3) is 0 Å². The van der Waals surface area contributed by atoms with Crippen molar-refractivity contribution < 1.29 is 9.84 Å². The molecule has 0 amide bonds. The zero-order valence-corrected chi connectivity index (χ0v) is 9.69. The van der Waals surface area contributed by atoms with E-state index in [2.05, 4.69) is 9.97 Å². The molecule has 15 heavy (non-hydrogen) atoms. The van der Waals surface area contributed by atoms with E-state index in [0.29, 0.717) is 18.1 Å².